The van der Waals surface area contributed by atoms with Crippen molar-refractivity contribution in [2.75, 3.05) is 6.54 Å². The minimum Gasteiger partial charge on any atom is -0.330 e. The molecule has 1 rings (SSSR count). The van der Waals surface area contributed by atoms with E-state index in [0.717, 1.165) is 10.9 Å². The number of rotatable bonds is 3. The fraction of sp³-hybridized carbons (Fsp3) is 0.455. The van der Waals surface area contributed by atoms with E-state index in [0.29, 0.717) is 12.5 Å². The zero-order valence-corrected chi connectivity index (χ0v) is 9.76. The lowest BCUT2D eigenvalue weighted by Gasteiger charge is -2.14. The third-order valence-corrected chi connectivity index (χ3v) is 2.87. The Kier molecular flexibility index (Phi) is 3.94. The predicted octanol–water partition coefficient (Wildman–Crippen LogP) is 3.07. The lowest BCUT2D eigenvalue weighted by molar-refractivity contribution is 0.761. The van der Waals surface area contributed by atoms with Crippen molar-refractivity contribution < 1.29 is 0 Å². The van der Waals surface area contributed by atoms with E-state index in [-0.39, 0.29) is 0 Å². The average Bonchev–Trinajstić information content (AvgIpc) is 2.16. The molecule has 0 radical (unpaired) electrons. The van der Waals surface area contributed by atoms with Crippen LogP contribution >= 0.6 is 15.9 Å². The summed E-state index contributed by atoms with van der Waals surface area (Å²) in [6.07, 6.45) is 1.08. The number of aryl methyl sites for hydroxylation is 1. The van der Waals surface area contributed by atoms with Gasteiger partial charge in [-0.15, -0.1) is 0 Å². The molecule has 0 fully saturated rings. The van der Waals surface area contributed by atoms with Gasteiger partial charge in [-0.05, 0) is 42.1 Å². The van der Waals surface area contributed by atoms with Gasteiger partial charge in [0.2, 0.25) is 0 Å². The first-order valence-electron chi connectivity index (χ1n) is 4.67. The van der Waals surface area contributed by atoms with Gasteiger partial charge in [0.25, 0.3) is 0 Å². The van der Waals surface area contributed by atoms with Crippen LogP contribution < -0.4 is 5.73 Å². The lowest BCUT2D eigenvalue weighted by atomic mass is 9.94. The van der Waals surface area contributed by atoms with Crippen LogP contribution in [0.3, 0.4) is 0 Å². The molecule has 0 saturated carbocycles. The molecule has 2 N–H and O–H groups in total. The third kappa shape index (κ3) is 2.55. The van der Waals surface area contributed by atoms with Crippen molar-refractivity contribution in [1.82, 2.24) is 0 Å². The molecule has 0 aliphatic carbocycles. The second kappa shape index (κ2) is 4.77. The minimum absolute atomic E-state index is 0.451. The fourth-order valence-electron chi connectivity index (χ4n) is 1.47. The van der Waals surface area contributed by atoms with Crippen LogP contribution in [0.1, 0.15) is 30.9 Å². The molecule has 1 nitrogen and oxygen atoms in total. The molecular weight excluding hydrogens is 226 g/mol. The van der Waals surface area contributed by atoms with Crippen LogP contribution in [0, 0.1) is 0 Å². The predicted molar refractivity (Wildman–Crippen MR) is 61.0 cm³/mol. The van der Waals surface area contributed by atoms with E-state index in [2.05, 4.69) is 48.0 Å². The van der Waals surface area contributed by atoms with Gasteiger partial charge in [-0.25, -0.2) is 0 Å². The van der Waals surface area contributed by atoms with Crippen LogP contribution in [0.2, 0.25) is 0 Å². The van der Waals surface area contributed by atoms with Gasteiger partial charge in [-0.1, -0.05) is 35.8 Å². The van der Waals surface area contributed by atoms with Crippen LogP contribution in [0.5, 0.6) is 0 Å². The van der Waals surface area contributed by atoms with E-state index in [4.69, 9.17) is 5.73 Å². The van der Waals surface area contributed by atoms with Gasteiger partial charge in [0.15, 0.2) is 0 Å². The Labute approximate surface area is 88.5 Å². The quantitative estimate of drug-likeness (QED) is 0.866. The van der Waals surface area contributed by atoms with Gasteiger partial charge >= 0.3 is 0 Å². The summed E-state index contributed by atoms with van der Waals surface area (Å²) in [4.78, 5) is 0. The molecule has 72 valence electrons. The first kappa shape index (κ1) is 10.7. The van der Waals surface area contributed by atoms with Crippen molar-refractivity contribution >= 4 is 15.9 Å². The summed E-state index contributed by atoms with van der Waals surface area (Å²) >= 11 is 3.48. The molecule has 1 aromatic carbocycles. The maximum Gasteiger partial charge on any atom is 0.0178 e. The SMILES string of the molecule is CCc1ccc(Br)cc1C(C)CN. The first-order valence-corrected chi connectivity index (χ1v) is 5.46. The van der Waals surface area contributed by atoms with Crippen molar-refractivity contribution in [3.8, 4) is 0 Å². The molecule has 0 amide bonds. The van der Waals surface area contributed by atoms with Gasteiger partial charge in [0, 0.05) is 4.47 Å². The second-order valence-electron chi connectivity index (χ2n) is 3.33. The Hall–Kier alpha value is -0.340. The molecule has 0 aliphatic rings. The number of nitrogens with two attached hydrogens (primary N) is 1. The molecule has 0 heterocycles. The van der Waals surface area contributed by atoms with E-state index in [1.54, 1.807) is 0 Å². The topological polar surface area (TPSA) is 26.0 Å². The lowest BCUT2D eigenvalue weighted by Crippen LogP contribution is -2.10. The highest BCUT2D eigenvalue weighted by molar-refractivity contribution is 9.10. The molecule has 1 unspecified atom stereocenters. The Morgan fingerprint density at radius 1 is 1.46 bits per heavy atom. The van der Waals surface area contributed by atoms with E-state index in [1.807, 2.05) is 0 Å². The van der Waals surface area contributed by atoms with Crippen molar-refractivity contribution in [3.05, 3.63) is 33.8 Å². The Morgan fingerprint density at radius 2 is 2.15 bits per heavy atom. The average molecular weight is 242 g/mol. The largest absolute Gasteiger partial charge is 0.330 e. The summed E-state index contributed by atoms with van der Waals surface area (Å²) in [5.41, 5.74) is 8.44. The summed E-state index contributed by atoms with van der Waals surface area (Å²) in [6.45, 7) is 5.06. The van der Waals surface area contributed by atoms with E-state index in [9.17, 15) is 0 Å². The zero-order valence-electron chi connectivity index (χ0n) is 8.18. The fourth-order valence-corrected chi connectivity index (χ4v) is 1.85. The van der Waals surface area contributed by atoms with E-state index < -0.39 is 0 Å². The molecule has 0 aromatic heterocycles. The number of hydrogen-bond donors (Lipinski definition) is 1. The molecular formula is C11H16BrN. The van der Waals surface area contributed by atoms with Crippen molar-refractivity contribution in [1.29, 1.82) is 0 Å². The van der Waals surface area contributed by atoms with Gasteiger partial charge in [0.1, 0.15) is 0 Å². The third-order valence-electron chi connectivity index (χ3n) is 2.37. The molecule has 1 aromatic rings. The van der Waals surface area contributed by atoms with Crippen LogP contribution in [-0.2, 0) is 6.42 Å². The summed E-state index contributed by atoms with van der Waals surface area (Å²) in [5, 5.41) is 0. The second-order valence-corrected chi connectivity index (χ2v) is 4.25. The van der Waals surface area contributed by atoms with Crippen molar-refractivity contribution in [2.24, 2.45) is 5.73 Å². The zero-order chi connectivity index (χ0) is 9.84. The monoisotopic (exact) mass is 241 g/mol. The van der Waals surface area contributed by atoms with Crippen molar-refractivity contribution in [3.63, 3.8) is 0 Å². The highest BCUT2D eigenvalue weighted by atomic mass is 79.9. The van der Waals surface area contributed by atoms with Gasteiger partial charge in [-0.2, -0.15) is 0 Å². The van der Waals surface area contributed by atoms with Gasteiger partial charge < -0.3 is 5.73 Å². The summed E-state index contributed by atoms with van der Waals surface area (Å²) in [7, 11) is 0. The van der Waals surface area contributed by atoms with Crippen molar-refractivity contribution in [2.45, 2.75) is 26.2 Å². The van der Waals surface area contributed by atoms with Crippen LogP contribution in [0.4, 0.5) is 0 Å². The molecule has 0 saturated heterocycles. The molecule has 1 atom stereocenters. The summed E-state index contributed by atoms with van der Waals surface area (Å²) in [6, 6.07) is 6.44. The molecule has 2 heteroatoms. The van der Waals surface area contributed by atoms with Gasteiger partial charge in [0.05, 0.1) is 0 Å². The minimum atomic E-state index is 0.451. The van der Waals surface area contributed by atoms with Gasteiger partial charge in [-0.3, -0.25) is 0 Å². The maximum absolute atomic E-state index is 5.66. The number of hydrogen-bond acceptors (Lipinski definition) is 1. The molecule has 0 spiro atoms. The Bertz CT molecular complexity index is 283. The summed E-state index contributed by atoms with van der Waals surface area (Å²) < 4.78 is 1.14. The maximum atomic E-state index is 5.66. The van der Waals surface area contributed by atoms with Crippen LogP contribution in [-0.4, -0.2) is 6.54 Å². The number of benzene rings is 1. The molecule has 0 bridgehead atoms. The highest BCUT2D eigenvalue weighted by Crippen LogP contribution is 2.23. The summed E-state index contributed by atoms with van der Waals surface area (Å²) in [5.74, 6) is 0.451. The van der Waals surface area contributed by atoms with E-state index >= 15 is 0 Å². The number of halogens is 1. The smallest absolute Gasteiger partial charge is 0.0178 e. The molecule has 13 heavy (non-hydrogen) atoms. The standard InChI is InChI=1S/C11H16BrN/c1-3-9-4-5-10(12)6-11(9)8(2)7-13/h4-6,8H,3,7,13H2,1-2H3. The molecule has 0 aliphatic heterocycles. The normalized spacial score (nSPS) is 12.9. The van der Waals surface area contributed by atoms with Crippen LogP contribution in [0.25, 0.3) is 0 Å². The Balaban J connectivity index is 3.07. The highest BCUT2D eigenvalue weighted by Gasteiger charge is 2.08. The Morgan fingerprint density at radius 3 is 2.69 bits per heavy atom. The first-order chi connectivity index (χ1) is 6.19. The van der Waals surface area contributed by atoms with E-state index in [1.165, 1.54) is 11.1 Å². The van der Waals surface area contributed by atoms with Crippen LogP contribution in [0.15, 0.2) is 22.7 Å².